The van der Waals surface area contributed by atoms with Crippen LogP contribution in [0.25, 0.3) is 10.9 Å². The molecule has 4 rings (SSSR count). The Morgan fingerprint density at radius 1 is 1.04 bits per heavy atom. The van der Waals surface area contributed by atoms with E-state index in [0.717, 1.165) is 35.9 Å². The minimum Gasteiger partial charge on any atom is -0.368 e. The highest BCUT2D eigenvalue weighted by molar-refractivity contribution is 5.81. The second kappa shape index (κ2) is 8.31. The number of nitrogens with zero attached hydrogens (tertiary/aromatic N) is 2. The molecule has 0 N–H and O–H groups in total. The van der Waals surface area contributed by atoms with E-state index in [9.17, 15) is 4.79 Å². The Balaban J connectivity index is 1.52. The van der Waals surface area contributed by atoms with Gasteiger partial charge in [-0.25, -0.2) is 0 Å². The molecule has 2 heterocycles. The molecule has 4 heteroatoms. The van der Waals surface area contributed by atoms with E-state index in [2.05, 4.69) is 24.3 Å². The maximum atomic E-state index is 13.0. The van der Waals surface area contributed by atoms with Crippen molar-refractivity contribution in [1.82, 2.24) is 9.88 Å². The molecule has 138 valence electrons. The van der Waals surface area contributed by atoms with Crippen molar-refractivity contribution in [3.63, 3.8) is 0 Å². The van der Waals surface area contributed by atoms with Crippen LogP contribution in [-0.2, 0) is 22.5 Å². The Labute approximate surface area is 159 Å². The minimum absolute atomic E-state index is 0.0818. The van der Waals surface area contributed by atoms with Gasteiger partial charge >= 0.3 is 0 Å². The minimum atomic E-state index is -0.304. The summed E-state index contributed by atoms with van der Waals surface area (Å²) >= 11 is 0. The van der Waals surface area contributed by atoms with Crippen molar-refractivity contribution in [3.05, 3.63) is 78.0 Å². The molecule has 0 radical (unpaired) electrons. The van der Waals surface area contributed by atoms with Crippen LogP contribution in [0.3, 0.4) is 0 Å². The quantitative estimate of drug-likeness (QED) is 0.668. The van der Waals surface area contributed by atoms with Crippen molar-refractivity contribution < 1.29 is 9.53 Å². The van der Waals surface area contributed by atoms with Gasteiger partial charge in [-0.2, -0.15) is 0 Å². The summed E-state index contributed by atoms with van der Waals surface area (Å²) < 4.78 is 5.64. The van der Waals surface area contributed by atoms with Crippen LogP contribution in [0.2, 0.25) is 0 Å². The van der Waals surface area contributed by atoms with Gasteiger partial charge in [0.05, 0.1) is 17.8 Å². The number of aromatic nitrogens is 1. The van der Waals surface area contributed by atoms with Gasteiger partial charge in [-0.15, -0.1) is 0 Å². The van der Waals surface area contributed by atoms with Gasteiger partial charge in [0.2, 0.25) is 0 Å². The summed E-state index contributed by atoms with van der Waals surface area (Å²) in [4.78, 5) is 19.7. The van der Waals surface area contributed by atoms with Gasteiger partial charge in [0, 0.05) is 18.5 Å². The van der Waals surface area contributed by atoms with E-state index >= 15 is 0 Å². The first-order valence-electron chi connectivity index (χ1n) is 9.58. The predicted molar refractivity (Wildman–Crippen MR) is 106 cm³/mol. The van der Waals surface area contributed by atoms with Gasteiger partial charge in [0.1, 0.15) is 6.10 Å². The molecule has 1 saturated heterocycles. The van der Waals surface area contributed by atoms with Gasteiger partial charge in [0.15, 0.2) is 0 Å². The zero-order valence-electron chi connectivity index (χ0n) is 15.4. The van der Waals surface area contributed by atoms with Crippen molar-refractivity contribution >= 4 is 16.8 Å². The number of pyridine rings is 1. The molecule has 1 aliphatic heterocycles. The van der Waals surface area contributed by atoms with E-state index in [1.807, 2.05) is 47.4 Å². The fourth-order valence-electron chi connectivity index (χ4n) is 3.54. The third-order valence-corrected chi connectivity index (χ3v) is 5.04. The van der Waals surface area contributed by atoms with Crippen molar-refractivity contribution in [2.24, 2.45) is 0 Å². The van der Waals surface area contributed by atoms with Crippen molar-refractivity contribution in [2.75, 3.05) is 13.2 Å². The Bertz CT molecular complexity index is 904. The number of fused-ring (bicyclic) bond motifs is 1. The van der Waals surface area contributed by atoms with Gasteiger partial charge in [-0.1, -0.05) is 54.6 Å². The highest BCUT2D eigenvalue weighted by Gasteiger charge is 2.28. The van der Waals surface area contributed by atoms with Crippen LogP contribution in [0.1, 0.15) is 24.1 Å². The van der Waals surface area contributed by atoms with Crippen molar-refractivity contribution in [3.8, 4) is 0 Å². The van der Waals surface area contributed by atoms with Crippen molar-refractivity contribution in [2.45, 2.75) is 31.9 Å². The molecular weight excluding hydrogens is 336 g/mol. The number of carbonyl (C=O) groups is 1. The maximum Gasteiger partial charge on any atom is 0.252 e. The number of carbonyl (C=O) groups excluding carboxylic acids is 1. The SMILES string of the molecule is O=C([C@H]1CCCO1)N(CCc1ccccc1)Cc1ccc2ccccc2n1. The molecule has 0 spiro atoms. The smallest absolute Gasteiger partial charge is 0.252 e. The number of hydrogen-bond acceptors (Lipinski definition) is 3. The van der Waals surface area contributed by atoms with Crippen LogP contribution >= 0.6 is 0 Å². The largest absolute Gasteiger partial charge is 0.368 e. The van der Waals surface area contributed by atoms with E-state index in [4.69, 9.17) is 9.72 Å². The molecule has 0 bridgehead atoms. The van der Waals surface area contributed by atoms with E-state index in [1.165, 1.54) is 5.56 Å². The summed E-state index contributed by atoms with van der Waals surface area (Å²) in [5, 5.41) is 1.11. The van der Waals surface area contributed by atoms with Gasteiger partial charge in [0.25, 0.3) is 5.91 Å². The lowest BCUT2D eigenvalue weighted by atomic mass is 10.1. The molecule has 0 aliphatic carbocycles. The lowest BCUT2D eigenvalue weighted by molar-refractivity contribution is -0.141. The summed E-state index contributed by atoms with van der Waals surface area (Å²) in [7, 11) is 0. The molecule has 0 unspecified atom stereocenters. The Kier molecular flexibility index (Phi) is 5.45. The fraction of sp³-hybridized carbons (Fsp3) is 0.304. The topological polar surface area (TPSA) is 42.4 Å². The molecular formula is C23H24N2O2. The second-order valence-corrected chi connectivity index (χ2v) is 6.99. The normalized spacial score (nSPS) is 16.5. The van der Waals surface area contributed by atoms with E-state index in [0.29, 0.717) is 19.7 Å². The second-order valence-electron chi connectivity index (χ2n) is 6.99. The zero-order valence-corrected chi connectivity index (χ0v) is 15.4. The number of para-hydroxylation sites is 1. The average molecular weight is 360 g/mol. The molecule has 1 aliphatic rings. The lowest BCUT2D eigenvalue weighted by Gasteiger charge is -2.25. The van der Waals surface area contributed by atoms with Gasteiger partial charge in [-0.05, 0) is 37.0 Å². The first-order valence-corrected chi connectivity index (χ1v) is 9.58. The first-order chi connectivity index (χ1) is 13.3. The molecule has 3 aromatic rings. The van der Waals surface area contributed by atoms with Gasteiger partial charge < -0.3 is 9.64 Å². The average Bonchev–Trinajstić information content (AvgIpc) is 3.26. The van der Waals surface area contributed by atoms with E-state index in [1.54, 1.807) is 0 Å². The van der Waals surface area contributed by atoms with Crippen LogP contribution in [0.4, 0.5) is 0 Å². The molecule has 2 aromatic carbocycles. The monoisotopic (exact) mass is 360 g/mol. The third kappa shape index (κ3) is 4.34. The third-order valence-electron chi connectivity index (χ3n) is 5.04. The van der Waals surface area contributed by atoms with Crippen LogP contribution in [0, 0.1) is 0 Å². The molecule has 27 heavy (non-hydrogen) atoms. The van der Waals surface area contributed by atoms with Crippen LogP contribution in [-0.4, -0.2) is 35.0 Å². The van der Waals surface area contributed by atoms with Crippen molar-refractivity contribution in [1.29, 1.82) is 0 Å². The maximum absolute atomic E-state index is 13.0. The summed E-state index contributed by atoms with van der Waals surface area (Å²) in [6, 6.07) is 22.4. The highest BCUT2D eigenvalue weighted by atomic mass is 16.5. The van der Waals surface area contributed by atoms with Crippen LogP contribution in [0.15, 0.2) is 66.7 Å². The molecule has 0 saturated carbocycles. The van der Waals surface area contributed by atoms with Crippen LogP contribution in [0.5, 0.6) is 0 Å². The molecule has 1 aromatic heterocycles. The molecule has 4 nitrogen and oxygen atoms in total. The Morgan fingerprint density at radius 3 is 2.67 bits per heavy atom. The molecule has 1 amide bonds. The summed E-state index contributed by atoms with van der Waals surface area (Å²) in [5.74, 6) is 0.0818. The zero-order chi connectivity index (χ0) is 18.5. The number of rotatable bonds is 6. The standard InChI is InChI=1S/C23H24N2O2/c26-23(22-11-6-16-27-22)25(15-14-18-7-2-1-3-8-18)17-20-13-12-19-9-4-5-10-21(19)24-20/h1-5,7-10,12-13,22H,6,11,14-17H2/t22-/m1/s1. The van der Waals surface area contributed by atoms with E-state index < -0.39 is 0 Å². The highest BCUT2D eigenvalue weighted by Crippen LogP contribution is 2.18. The lowest BCUT2D eigenvalue weighted by Crippen LogP contribution is -2.39. The summed E-state index contributed by atoms with van der Waals surface area (Å²) in [5.41, 5.74) is 3.10. The number of ether oxygens (including phenoxy) is 1. The Hall–Kier alpha value is -2.72. The molecule has 1 fully saturated rings. The number of benzene rings is 2. The first kappa shape index (κ1) is 17.7. The molecule has 1 atom stereocenters. The van der Waals surface area contributed by atoms with Crippen LogP contribution < -0.4 is 0 Å². The predicted octanol–water partition coefficient (Wildman–Crippen LogP) is 3.99. The number of amides is 1. The Morgan fingerprint density at radius 2 is 1.85 bits per heavy atom. The summed E-state index contributed by atoms with van der Waals surface area (Å²) in [6.07, 6.45) is 2.29. The van der Waals surface area contributed by atoms with Gasteiger partial charge in [-0.3, -0.25) is 9.78 Å². The fourth-order valence-corrected chi connectivity index (χ4v) is 3.54. The number of hydrogen-bond donors (Lipinski definition) is 0. The van der Waals surface area contributed by atoms with E-state index in [-0.39, 0.29) is 12.0 Å². The summed E-state index contributed by atoms with van der Waals surface area (Å²) in [6.45, 7) is 1.85.